The molecule has 0 saturated carbocycles. The largest absolute Gasteiger partial charge is 0.397 e. The van der Waals surface area contributed by atoms with Crippen LogP contribution in [0.4, 0.5) is 15.9 Å². The summed E-state index contributed by atoms with van der Waals surface area (Å²) in [6, 6.07) is 14.0. The van der Waals surface area contributed by atoms with Gasteiger partial charge < -0.3 is 21.4 Å². The number of carbonyl (C=O) groups excluding carboxylic acids is 1. The van der Waals surface area contributed by atoms with Crippen molar-refractivity contribution in [3.8, 4) is 16.8 Å². The lowest BCUT2D eigenvalue weighted by Gasteiger charge is -2.31. The second-order valence-corrected chi connectivity index (χ2v) is 12.0. The van der Waals surface area contributed by atoms with Crippen LogP contribution < -0.4 is 16.4 Å². The van der Waals surface area contributed by atoms with Crippen molar-refractivity contribution in [2.24, 2.45) is 5.92 Å². The highest BCUT2D eigenvalue weighted by atomic mass is 32.1. The molecule has 224 valence electrons. The van der Waals surface area contributed by atoms with Gasteiger partial charge in [-0.2, -0.15) is 5.26 Å². The number of nitrogens with zero attached hydrogens (tertiary/aromatic N) is 5. The standard InChI is InChI=1S/C32H32FN9OS/c33-22-4-5-24-21(17-38-28(24)13-22)6-10-37-30-25(15-34)26(35)14-29(41-30)31(43)39-16-20-7-11-42(12-8-20)19-23-18-40-32(44-23)27-3-1-2-9-36-27/h1-5,9,13-14,17-18,20,38H,6-8,10-12,16,19H2,(H,39,43)(H3,35,37,41). The zero-order valence-corrected chi connectivity index (χ0v) is 24.8. The number of rotatable bonds is 10. The topological polar surface area (TPSA) is 149 Å². The molecule has 5 heterocycles. The Balaban J connectivity index is 0.998. The highest BCUT2D eigenvalue weighted by molar-refractivity contribution is 7.14. The van der Waals surface area contributed by atoms with E-state index in [4.69, 9.17) is 5.73 Å². The van der Waals surface area contributed by atoms with E-state index in [1.807, 2.05) is 30.6 Å². The van der Waals surface area contributed by atoms with Gasteiger partial charge in [0.05, 0.1) is 11.4 Å². The number of benzene rings is 1. The summed E-state index contributed by atoms with van der Waals surface area (Å²) >= 11 is 1.67. The van der Waals surface area contributed by atoms with E-state index >= 15 is 0 Å². The number of amides is 1. The smallest absolute Gasteiger partial charge is 0.270 e. The van der Waals surface area contributed by atoms with Gasteiger partial charge in [0.25, 0.3) is 5.91 Å². The molecule has 6 rings (SSSR count). The number of hydrogen-bond donors (Lipinski definition) is 4. The highest BCUT2D eigenvalue weighted by Crippen LogP contribution is 2.26. The van der Waals surface area contributed by atoms with Crippen LogP contribution in [0.1, 0.15) is 39.3 Å². The summed E-state index contributed by atoms with van der Waals surface area (Å²) in [5.74, 6) is 0.00706. The summed E-state index contributed by atoms with van der Waals surface area (Å²) in [5.41, 5.74) is 9.31. The van der Waals surface area contributed by atoms with Crippen molar-refractivity contribution in [3.05, 3.63) is 88.6 Å². The lowest BCUT2D eigenvalue weighted by atomic mass is 9.96. The van der Waals surface area contributed by atoms with Crippen LogP contribution in [0, 0.1) is 23.1 Å². The van der Waals surface area contributed by atoms with Gasteiger partial charge in [0.1, 0.15) is 34.0 Å². The number of H-pyrrole nitrogens is 1. The summed E-state index contributed by atoms with van der Waals surface area (Å²) in [4.78, 5) is 33.1. The molecule has 44 heavy (non-hydrogen) atoms. The first kappa shape index (κ1) is 29.2. The fourth-order valence-electron chi connectivity index (χ4n) is 5.49. The lowest BCUT2D eigenvalue weighted by Crippen LogP contribution is -2.38. The number of hydrogen-bond acceptors (Lipinski definition) is 9. The van der Waals surface area contributed by atoms with Gasteiger partial charge >= 0.3 is 0 Å². The van der Waals surface area contributed by atoms with E-state index in [1.165, 1.54) is 23.1 Å². The molecule has 0 aliphatic carbocycles. The average Bonchev–Trinajstić information content (AvgIpc) is 3.67. The third kappa shape index (κ3) is 6.69. The summed E-state index contributed by atoms with van der Waals surface area (Å²) in [6.45, 7) is 3.73. The van der Waals surface area contributed by atoms with Gasteiger partial charge in [-0.15, -0.1) is 11.3 Å². The maximum absolute atomic E-state index is 13.5. The molecule has 0 bridgehead atoms. The van der Waals surface area contributed by atoms with E-state index in [-0.39, 0.29) is 34.5 Å². The Morgan fingerprint density at radius 1 is 1.20 bits per heavy atom. The number of halogens is 1. The number of fused-ring (bicyclic) bond motifs is 1. The van der Waals surface area contributed by atoms with Crippen molar-refractivity contribution < 1.29 is 9.18 Å². The first-order chi connectivity index (χ1) is 21.5. The number of thiazole rings is 1. The second kappa shape index (κ2) is 13.2. The van der Waals surface area contributed by atoms with Gasteiger partial charge in [0.15, 0.2) is 0 Å². The Labute approximate surface area is 258 Å². The lowest BCUT2D eigenvalue weighted by molar-refractivity contribution is 0.0930. The molecule has 1 aliphatic heterocycles. The summed E-state index contributed by atoms with van der Waals surface area (Å²) < 4.78 is 13.5. The molecule has 5 N–H and O–H groups in total. The Morgan fingerprint density at radius 2 is 2.07 bits per heavy atom. The van der Waals surface area contributed by atoms with E-state index in [0.717, 1.165) is 59.6 Å². The van der Waals surface area contributed by atoms with Crippen LogP contribution in [0.15, 0.2) is 61.1 Å². The zero-order chi connectivity index (χ0) is 30.5. The molecule has 10 nitrogen and oxygen atoms in total. The van der Waals surface area contributed by atoms with Crippen LogP contribution in [0.3, 0.4) is 0 Å². The molecule has 0 atom stereocenters. The van der Waals surface area contributed by atoms with Gasteiger partial charge in [-0.05, 0) is 80.2 Å². The third-order valence-corrected chi connectivity index (χ3v) is 8.89. The molecule has 4 aromatic heterocycles. The molecule has 1 amide bonds. The first-order valence-electron chi connectivity index (χ1n) is 14.5. The van der Waals surface area contributed by atoms with E-state index in [0.29, 0.717) is 25.4 Å². The molecule has 1 aromatic carbocycles. The number of nitrogens with two attached hydrogens (primary N) is 1. The van der Waals surface area contributed by atoms with E-state index in [1.54, 1.807) is 23.6 Å². The van der Waals surface area contributed by atoms with E-state index in [2.05, 4.69) is 41.5 Å². The van der Waals surface area contributed by atoms with Crippen LogP contribution in [0.25, 0.3) is 21.6 Å². The monoisotopic (exact) mass is 609 g/mol. The molecule has 0 spiro atoms. The number of piperidine rings is 1. The van der Waals surface area contributed by atoms with Crippen molar-refractivity contribution in [2.75, 3.05) is 37.2 Å². The molecule has 0 radical (unpaired) electrons. The molecular weight excluding hydrogens is 577 g/mol. The Kier molecular flexibility index (Phi) is 8.76. The minimum Gasteiger partial charge on any atom is -0.397 e. The number of nitrogens with one attached hydrogen (secondary N) is 3. The van der Waals surface area contributed by atoms with Crippen molar-refractivity contribution in [1.82, 2.24) is 30.2 Å². The van der Waals surface area contributed by atoms with Crippen molar-refractivity contribution in [3.63, 3.8) is 0 Å². The fourth-order valence-corrected chi connectivity index (χ4v) is 6.42. The van der Waals surface area contributed by atoms with Gasteiger partial charge in [-0.25, -0.2) is 14.4 Å². The number of pyridine rings is 2. The average molecular weight is 610 g/mol. The molecule has 0 unspecified atom stereocenters. The number of carbonyl (C=O) groups is 1. The SMILES string of the molecule is N#Cc1c(N)cc(C(=O)NCC2CCN(Cc3cnc(-c4ccccn4)s3)CC2)nc1NCCc1c[nH]c2cc(F)ccc12. The quantitative estimate of drug-likeness (QED) is 0.173. The van der Waals surface area contributed by atoms with Crippen molar-refractivity contribution >= 4 is 39.7 Å². The van der Waals surface area contributed by atoms with Crippen LogP contribution in [-0.2, 0) is 13.0 Å². The van der Waals surface area contributed by atoms with Crippen LogP contribution in [0.5, 0.6) is 0 Å². The minimum absolute atomic E-state index is 0.165. The van der Waals surface area contributed by atoms with E-state index < -0.39 is 0 Å². The van der Waals surface area contributed by atoms with E-state index in [9.17, 15) is 14.4 Å². The number of nitriles is 1. The minimum atomic E-state index is -0.322. The zero-order valence-electron chi connectivity index (χ0n) is 24.0. The summed E-state index contributed by atoms with van der Waals surface area (Å²) in [5, 5.41) is 17.7. The molecular formula is C32H32FN9OS. The van der Waals surface area contributed by atoms with Gasteiger partial charge in [-0.3, -0.25) is 14.7 Å². The normalized spacial score (nSPS) is 14.0. The van der Waals surface area contributed by atoms with Gasteiger partial charge in [-0.1, -0.05) is 6.07 Å². The van der Waals surface area contributed by atoms with Gasteiger partial charge in [0, 0.05) is 54.0 Å². The summed E-state index contributed by atoms with van der Waals surface area (Å²) in [7, 11) is 0. The maximum atomic E-state index is 13.5. The molecule has 1 saturated heterocycles. The molecule has 1 fully saturated rings. The molecule has 12 heteroatoms. The highest BCUT2D eigenvalue weighted by Gasteiger charge is 2.22. The predicted molar refractivity (Wildman–Crippen MR) is 169 cm³/mol. The molecule has 1 aliphatic rings. The van der Waals surface area contributed by atoms with Crippen LogP contribution in [-0.4, -0.2) is 56.9 Å². The number of anilines is 2. The van der Waals surface area contributed by atoms with Crippen molar-refractivity contribution in [1.29, 1.82) is 5.26 Å². The van der Waals surface area contributed by atoms with Crippen molar-refractivity contribution in [2.45, 2.75) is 25.8 Å². The van der Waals surface area contributed by atoms with Gasteiger partial charge in [0.2, 0.25) is 0 Å². The van der Waals surface area contributed by atoms with Crippen LogP contribution >= 0.6 is 11.3 Å². The Morgan fingerprint density at radius 3 is 2.86 bits per heavy atom. The number of nitrogen functional groups attached to an aromatic ring is 1. The fraction of sp³-hybridized carbons (Fsp3) is 0.281. The molecule has 5 aromatic rings. The second-order valence-electron chi connectivity index (χ2n) is 10.9. The first-order valence-corrected chi connectivity index (χ1v) is 15.3. The number of aromatic nitrogens is 4. The number of aromatic amines is 1. The predicted octanol–water partition coefficient (Wildman–Crippen LogP) is 4.97. The summed E-state index contributed by atoms with van der Waals surface area (Å²) in [6.07, 6.45) is 8.10. The third-order valence-electron chi connectivity index (χ3n) is 7.89. The Bertz CT molecular complexity index is 1810. The Hall–Kier alpha value is -4.86. The van der Waals surface area contributed by atoms with Crippen LogP contribution in [0.2, 0.25) is 0 Å². The number of likely N-dealkylation sites (tertiary alicyclic amines) is 1. The maximum Gasteiger partial charge on any atom is 0.270 e.